The molecule has 0 aliphatic carbocycles. The summed E-state index contributed by atoms with van der Waals surface area (Å²) in [6.45, 7) is 4.87. The summed E-state index contributed by atoms with van der Waals surface area (Å²) < 4.78 is 0. The van der Waals surface area contributed by atoms with Gasteiger partial charge in [-0.05, 0) is 51.6 Å². The lowest BCUT2D eigenvalue weighted by Crippen LogP contribution is -2.39. The number of likely N-dealkylation sites (tertiary alicyclic amines) is 1. The Morgan fingerprint density at radius 1 is 1.19 bits per heavy atom. The van der Waals surface area contributed by atoms with Gasteiger partial charge in [0, 0.05) is 31.6 Å². The molecule has 0 aromatic heterocycles. The third-order valence-electron chi connectivity index (χ3n) is 5.54. The monoisotopic (exact) mass is 295 g/mol. The Balaban J connectivity index is 1.80. The fraction of sp³-hybridized carbons (Fsp3) is 0.941. The molecule has 2 N–H and O–H groups in total. The molecule has 2 heterocycles. The van der Waals surface area contributed by atoms with Crippen LogP contribution in [0.3, 0.4) is 0 Å². The standard InChI is InChI=1S/C17H33N3O/c1-3-4-14(9-11-18)5-8-17(21)20-12-10-15-6-7-16(13-20)19(15)2/h14-16H,3-13,18H2,1-2H3. The molecule has 3 unspecified atom stereocenters. The van der Waals surface area contributed by atoms with E-state index in [9.17, 15) is 4.79 Å². The van der Waals surface area contributed by atoms with Gasteiger partial charge in [0.05, 0.1) is 0 Å². The maximum absolute atomic E-state index is 12.5. The molecule has 0 aromatic carbocycles. The Hall–Kier alpha value is -0.610. The van der Waals surface area contributed by atoms with E-state index in [0.29, 0.717) is 30.3 Å². The molecular weight excluding hydrogens is 262 g/mol. The van der Waals surface area contributed by atoms with Crippen LogP contribution in [0.15, 0.2) is 0 Å². The van der Waals surface area contributed by atoms with Crippen molar-refractivity contribution in [1.29, 1.82) is 0 Å². The molecule has 0 spiro atoms. The molecule has 2 bridgehead atoms. The molecule has 2 fully saturated rings. The van der Waals surface area contributed by atoms with Gasteiger partial charge in [0.15, 0.2) is 0 Å². The summed E-state index contributed by atoms with van der Waals surface area (Å²) >= 11 is 0. The first-order valence-corrected chi connectivity index (χ1v) is 8.85. The van der Waals surface area contributed by atoms with Crippen molar-refractivity contribution in [1.82, 2.24) is 9.80 Å². The molecule has 2 rings (SSSR count). The molecule has 21 heavy (non-hydrogen) atoms. The zero-order valence-electron chi connectivity index (χ0n) is 13.9. The van der Waals surface area contributed by atoms with Crippen LogP contribution in [0, 0.1) is 5.92 Å². The second kappa shape index (κ2) is 8.14. The number of carbonyl (C=O) groups excluding carboxylic acids is 1. The van der Waals surface area contributed by atoms with E-state index in [4.69, 9.17) is 5.73 Å². The van der Waals surface area contributed by atoms with Gasteiger partial charge in [0.2, 0.25) is 5.91 Å². The highest BCUT2D eigenvalue weighted by atomic mass is 16.2. The minimum atomic E-state index is 0.370. The van der Waals surface area contributed by atoms with Crippen molar-refractivity contribution in [2.75, 3.05) is 26.7 Å². The smallest absolute Gasteiger partial charge is 0.222 e. The van der Waals surface area contributed by atoms with Gasteiger partial charge >= 0.3 is 0 Å². The Bertz CT molecular complexity index is 328. The number of rotatable bonds is 7. The summed E-state index contributed by atoms with van der Waals surface area (Å²) in [5.74, 6) is 1.00. The molecule has 2 aliphatic rings. The molecule has 0 aromatic rings. The molecular formula is C17H33N3O. The van der Waals surface area contributed by atoms with Crippen LogP contribution in [0.5, 0.6) is 0 Å². The minimum Gasteiger partial charge on any atom is -0.341 e. The summed E-state index contributed by atoms with van der Waals surface area (Å²) in [7, 11) is 2.23. The van der Waals surface area contributed by atoms with E-state index >= 15 is 0 Å². The summed E-state index contributed by atoms with van der Waals surface area (Å²) in [6.07, 6.45) is 8.93. The quantitative estimate of drug-likeness (QED) is 0.783. The lowest BCUT2D eigenvalue weighted by molar-refractivity contribution is -0.131. The molecule has 0 radical (unpaired) electrons. The third kappa shape index (κ3) is 4.43. The van der Waals surface area contributed by atoms with Crippen LogP contribution in [0.4, 0.5) is 0 Å². The highest BCUT2D eigenvalue weighted by molar-refractivity contribution is 5.76. The van der Waals surface area contributed by atoms with Crippen molar-refractivity contribution >= 4 is 5.91 Å². The molecule has 0 saturated carbocycles. The number of hydrogen-bond acceptors (Lipinski definition) is 3. The van der Waals surface area contributed by atoms with E-state index in [1.165, 1.54) is 25.7 Å². The van der Waals surface area contributed by atoms with Gasteiger partial charge < -0.3 is 10.6 Å². The van der Waals surface area contributed by atoms with Gasteiger partial charge in [0.1, 0.15) is 0 Å². The van der Waals surface area contributed by atoms with Gasteiger partial charge in [-0.2, -0.15) is 0 Å². The van der Waals surface area contributed by atoms with Crippen LogP contribution < -0.4 is 5.73 Å². The minimum absolute atomic E-state index is 0.370. The predicted molar refractivity (Wildman–Crippen MR) is 87.1 cm³/mol. The second-order valence-corrected chi connectivity index (χ2v) is 6.95. The van der Waals surface area contributed by atoms with Gasteiger partial charge in [-0.25, -0.2) is 0 Å². The van der Waals surface area contributed by atoms with Crippen molar-refractivity contribution in [3.05, 3.63) is 0 Å². The average Bonchev–Trinajstić information content (AvgIpc) is 2.70. The molecule has 3 atom stereocenters. The maximum atomic E-state index is 12.5. The van der Waals surface area contributed by atoms with Crippen LogP contribution >= 0.6 is 0 Å². The van der Waals surface area contributed by atoms with Crippen molar-refractivity contribution in [3.8, 4) is 0 Å². The fourth-order valence-electron chi connectivity index (χ4n) is 4.10. The van der Waals surface area contributed by atoms with Crippen LogP contribution in [-0.4, -0.2) is 54.5 Å². The maximum Gasteiger partial charge on any atom is 0.222 e. The molecule has 122 valence electrons. The summed E-state index contributed by atoms with van der Waals surface area (Å²) in [4.78, 5) is 17.2. The van der Waals surface area contributed by atoms with Crippen molar-refractivity contribution in [2.45, 2.75) is 70.4 Å². The fourth-order valence-corrected chi connectivity index (χ4v) is 4.10. The van der Waals surface area contributed by atoms with E-state index < -0.39 is 0 Å². The highest BCUT2D eigenvalue weighted by Crippen LogP contribution is 2.29. The van der Waals surface area contributed by atoms with E-state index in [1.54, 1.807) is 0 Å². The molecule has 1 amide bonds. The number of hydrogen-bond donors (Lipinski definition) is 1. The van der Waals surface area contributed by atoms with Crippen LogP contribution in [0.2, 0.25) is 0 Å². The molecule has 4 heteroatoms. The summed E-state index contributed by atoms with van der Waals surface area (Å²) in [6, 6.07) is 1.30. The van der Waals surface area contributed by atoms with Crippen molar-refractivity contribution < 1.29 is 4.79 Å². The number of nitrogens with two attached hydrogens (primary N) is 1. The largest absolute Gasteiger partial charge is 0.341 e. The summed E-state index contributed by atoms with van der Waals surface area (Å²) in [5, 5.41) is 0. The Labute approximate surface area is 130 Å². The average molecular weight is 295 g/mol. The summed E-state index contributed by atoms with van der Waals surface area (Å²) in [5.41, 5.74) is 5.69. The van der Waals surface area contributed by atoms with Crippen LogP contribution in [-0.2, 0) is 4.79 Å². The number of fused-ring (bicyclic) bond motifs is 2. The first kappa shape index (κ1) is 16.8. The van der Waals surface area contributed by atoms with Crippen LogP contribution in [0.25, 0.3) is 0 Å². The van der Waals surface area contributed by atoms with Crippen molar-refractivity contribution in [3.63, 3.8) is 0 Å². The molecule has 2 saturated heterocycles. The Kier molecular flexibility index (Phi) is 6.49. The Morgan fingerprint density at radius 2 is 1.95 bits per heavy atom. The normalized spacial score (nSPS) is 27.7. The van der Waals surface area contributed by atoms with Gasteiger partial charge in [0.25, 0.3) is 0 Å². The van der Waals surface area contributed by atoms with Crippen molar-refractivity contribution in [2.24, 2.45) is 11.7 Å². The highest BCUT2D eigenvalue weighted by Gasteiger charge is 2.35. The lowest BCUT2D eigenvalue weighted by atomic mass is 9.94. The first-order chi connectivity index (χ1) is 10.2. The third-order valence-corrected chi connectivity index (χ3v) is 5.54. The van der Waals surface area contributed by atoms with Gasteiger partial charge in [-0.15, -0.1) is 0 Å². The van der Waals surface area contributed by atoms with Gasteiger partial charge in [-0.1, -0.05) is 19.8 Å². The second-order valence-electron chi connectivity index (χ2n) is 6.95. The zero-order valence-corrected chi connectivity index (χ0v) is 13.9. The topological polar surface area (TPSA) is 49.6 Å². The zero-order chi connectivity index (χ0) is 15.2. The van der Waals surface area contributed by atoms with E-state index in [2.05, 4.69) is 23.8 Å². The Morgan fingerprint density at radius 3 is 2.67 bits per heavy atom. The van der Waals surface area contributed by atoms with E-state index in [-0.39, 0.29) is 0 Å². The number of carbonyl (C=O) groups is 1. The first-order valence-electron chi connectivity index (χ1n) is 8.85. The number of likely N-dealkylation sites (N-methyl/N-ethyl adjacent to an activating group) is 1. The number of amides is 1. The number of nitrogens with zero attached hydrogens (tertiary/aromatic N) is 2. The molecule has 4 nitrogen and oxygen atoms in total. The van der Waals surface area contributed by atoms with E-state index in [1.807, 2.05) is 0 Å². The van der Waals surface area contributed by atoms with E-state index in [0.717, 1.165) is 38.9 Å². The van der Waals surface area contributed by atoms with Crippen LogP contribution in [0.1, 0.15) is 58.3 Å². The SMILES string of the molecule is CCCC(CCN)CCC(=O)N1CCC2CCC(C1)N2C. The molecule has 2 aliphatic heterocycles. The lowest BCUT2D eigenvalue weighted by Gasteiger charge is -2.26. The van der Waals surface area contributed by atoms with Gasteiger partial charge in [-0.3, -0.25) is 9.69 Å². The predicted octanol–water partition coefficient (Wildman–Crippen LogP) is 2.23.